The number of aryl methyl sites for hydroxylation is 1. The van der Waals surface area contributed by atoms with E-state index in [1.54, 1.807) is 42.5 Å². The number of urea groups is 1. The summed E-state index contributed by atoms with van der Waals surface area (Å²) in [6, 6.07) is 33.1. The Balaban J connectivity index is 1.19. The Kier molecular flexibility index (Phi) is 8.78. The van der Waals surface area contributed by atoms with E-state index in [0.29, 0.717) is 48.3 Å². The van der Waals surface area contributed by atoms with Gasteiger partial charge in [0.25, 0.3) is 11.8 Å². The van der Waals surface area contributed by atoms with Crippen molar-refractivity contribution in [2.24, 2.45) is 0 Å². The van der Waals surface area contributed by atoms with E-state index >= 15 is 0 Å². The maximum absolute atomic E-state index is 13.5. The number of imide groups is 2. The van der Waals surface area contributed by atoms with Gasteiger partial charge in [-0.1, -0.05) is 78.4 Å². The summed E-state index contributed by atoms with van der Waals surface area (Å²) in [5.41, 5.74) is 3.87. The number of fused-ring (bicyclic) bond motifs is 1. The number of amides is 4. The minimum Gasteiger partial charge on any atom is -0.490 e. The van der Waals surface area contributed by atoms with Crippen molar-refractivity contribution in [3.63, 3.8) is 0 Å². The number of ether oxygens (including phenoxy) is 3. The normalized spacial score (nSPS) is 14.0. The zero-order valence-corrected chi connectivity index (χ0v) is 25.5. The Hall–Kier alpha value is -5.89. The molecule has 0 saturated carbocycles. The van der Waals surface area contributed by atoms with Gasteiger partial charge >= 0.3 is 6.03 Å². The van der Waals surface area contributed by atoms with Crippen molar-refractivity contribution >= 4 is 40.4 Å². The molecule has 5 aromatic rings. The maximum atomic E-state index is 13.5. The van der Waals surface area contributed by atoms with Crippen LogP contribution < -0.4 is 24.4 Å². The zero-order valence-electron chi connectivity index (χ0n) is 25.5. The van der Waals surface area contributed by atoms with E-state index in [1.807, 2.05) is 62.4 Å². The van der Waals surface area contributed by atoms with Crippen molar-refractivity contribution in [3.8, 4) is 17.2 Å². The Morgan fingerprint density at radius 2 is 1.50 bits per heavy atom. The molecule has 0 bridgehead atoms. The highest BCUT2D eigenvalue weighted by molar-refractivity contribution is 6.39. The van der Waals surface area contributed by atoms with Crippen molar-refractivity contribution < 1.29 is 28.6 Å². The van der Waals surface area contributed by atoms with Crippen LogP contribution in [0.3, 0.4) is 0 Å². The van der Waals surface area contributed by atoms with Gasteiger partial charge in [0.15, 0.2) is 11.5 Å². The molecule has 6 rings (SSSR count). The Morgan fingerprint density at radius 3 is 2.28 bits per heavy atom. The summed E-state index contributed by atoms with van der Waals surface area (Å²) in [4.78, 5) is 40.0. The number of nitrogens with one attached hydrogen (secondary N) is 1. The average molecular weight is 613 g/mol. The molecule has 0 unspecified atom stereocenters. The molecule has 0 aromatic heterocycles. The molecular weight excluding hydrogens is 580 g/mol. The molecule has 46 heavy (non-hydrogen) atoms. The lowest BCUT2D eigenvalue weighted by atomic mass is 10.1. The molecule has 1 aliphatic rings. The van der Waals surface area contributed by atoms with Crippen molar-refractivity contribution in [3.05, 3.63) is 137 Å². The van der Waals surface area contributed by atoms with Crippen LogP contribution in [-0.2, 0) is 22.8 Å². The molecule has 0 spiro atoms. The van der Waals surface area contributed by atoms with Gasteiger partial charge in [-0.15, -0.1) is 0 Å². The monoisotopic (exact) mass is 612 g/mol. The maximum Gasteiger partial charge on any atom is 0.335 e. The van der Waals surface area contributed by atoms with E-state index in [9.17, 15) is 14.4 Å². The first kappa shape index (κ1) is 30.1. The van der Waals surface area contributed by atoms with Gasteiger partial charge in [0, 0.05) is 0 Å². The molecule has 4 amide bonds. The fourth-order valence-corrected chi connectivity index (χ4v) is 5.18. The number of nitrogens with zero attached hydrogens (tertiary/aromatic N) is 1. The number of hydrogen-bond acceptors (Lipinski definition) is 6. The molecule has 0 atom stereocenters. The molecule has 0 aliphatic carbocycles. The van der Waals surface area contributed by atoms with Gasteiger partial charge in [0.1, 0.15) is 24.5 Å². The first-order valence-electron chi connectivity index (χ1n) is 15.0. The number of barbiturate groups is 1. The van der Waals surface area contributed by atoms with Gasteiger partial charge in [-0.3, -0.25) is 14.9 Å². The Labute approximate surface area is 266 Å². The standard InChI is InChI=1S/C38H32N2O6/c1-3-44-35-22-27(15-20-34(35)46-24-29-9-6-8-28-7-4-5-10-32(28)29)21-33-36(41)39-38(43)40(37(33)42)30-16-18-31(19-17-30)45-23-26-13-11-25(2)12-14-26/h4-22H,3,23-24H2,1-2H3,(H,39,41,43)/b33-21+. The van der Waals surface area contributed by atoms with Crippen molar-refractivity contribution in [2.45, 2.75) is 27.1 Å². The molecule has 1 saturated heterocycles. The van der Waals surface area contributed by atoms with Crippen LogP contribution in [0.1, 0.15) is 29.2 Å². The van der Waals surface area contributed by atoms with Crippen LogP contribution in [0.15, 0.2) is 115 Å². The van der Waals surface area contributed by atoms with E-state index in [1.165, 1.54) is 6.08 Å². The molecule has 8 nitrogen and oxygen atoms in total. The van der Waals surface area contributed by atoms with Crippen LogP contribution in [0.25, 0.3) is 16.8 Å². The fraction of sp³-hybridized carbons (Fsp3) is 0.132. The largest absolute Gasteiger partial charge is 0.490 e. The van der Waals surface area contributed by atoms with Crippen LogP contribution in [0.5, 0.6) is 17.2 Å². The lowest BCUT2D eigenvalue weighted by molar-refractivity contribution is -0.122. The minimum atomic E-state index is -0.826. The molecule has 8 heteroatoms. The highest BCUT2D eigenvalue weighted by Gasteiger charge is 2.36. The highest BCUT2D eigenvalue weighted by Crippen LogP contribution is 2.32. The topological polar surface area (TPSA) is 94.2 Å². The van der Waals surface area contributed by atoms with Crippen LogP contribution in [0.4, 0.5) is 10.5 Å². The van der Waals surface area contributed by atoms with E-state index in [4.69, 9.17) is 14.2 Å². The molecule has 1 N–H and O–H groups in total. The van der Waals surface area contributed by atoms with E-state index in [0.717, 1.165) is 32.4 Å². The lowest BCUT2D eigenvalue weighted by Gasteiger charge is -2.26. The number of rotatable bonds is 10. The number of carbonyl (C=O) groups excluding carboxylic acids is 3. The van der Waals surface area contributed by atoms with Gasteiger partial charge in [-0.2, -0.15) is 0 Å². The van der Waals surface area contributed by atoms with Gasteiger partial charge < -0.3 is 14.2 Å². The summed E-state index contributed by atoms with van der Waals surface area (Å²) in [7, 11) is 0. The first-order chi connectivity index (χ1) is 22.4. The molecule has 1 fully saturated rings. The molecule has 230 valence electrons. The molecule has 0 radical (unpaired) electrons. The molecule has 1 aliphatic heterocycles. The summed E-state index contributed by atoms with van der Waals surface area (Å²) in [6.45, 7) is 4.97. The quantitative estimate of drug-likeness (QED) is 0.131. The summed E-state index contributed by atoms with van der Waals surface area (Å²) < 4.78 is 17.9. The third-order valence-electron chi connectivity index (χ3n) is 7.56. The second-order valence-corrected chi connectivity index (χ2v) is 10.8. The summed E-state index contributed by atoms with van der Waals surface area (Å²) in [5, 5.41) is 4.50. The van der Waals surface area contributed by atoms with Crippen molar-refractivity contribution in [1.82, 2.24) is 5.32 Å². The SMILES string of the molecule is CCOc1cc(/C=C2\C(=O)NC(=O)N(c3ccc(OCc4ccc(C)cc4)cc3)C2=O)ccc1OCc1cccc2ccccc12. The smallest absolute Gasteiger partial charge is 0.335 e. The van der Waals surface area contributed by atoms with Gasteiger partial charge in [0.2, 0.25) is 0 Å². The first-order valence-corrected chi connectivity index (χ1v) is 15.0. The fourth-order valence-electron chi connectivity index (χ4n) is 5.18. The number of hydrogen-bond donors (Lipinski definition) is 1. The molecule has 5 aromatic carbocycles. The van der Waals surface area contributed by atoms with Gasteiger partial charge in [0.05, 0.1) is 12.3 Å². The lowest BCUT2D eigenvalue weighted by Crippen LogP contribution is -2.54. The summed E-state index contributed by atoms with van der Waals surface area (Å²) >= 11 is 0. The summed E-state index contributed by atoms with van der Waals surface area (Å²) in [5.74, 6) is 0.0508. The predicted octanol–water partition coefficient (Wildman–Crippen LogP) is 7.37. The van der Waals surface area contributed by atoms with Gasteiger partial charge in [-0.05, 0) is 83.8 Å². The third-order valence-corrected chi connectivity index (χ3v) is 7.56. The molecule has 1 heterocycles. The number of benzene rings is 5. The Morgan fingerprint density at radius 1 is 0.739 bits per heavy atom. The Bertz CT molecular complexity index is 1940. The van der Waals surface area contributed by atoms with Crippen molar-refractivity contribution in [1.29, 1.82) is 0 Å². The van der Waals surface area contributed by atoms with Crippen LogP contribution in [-0.4, -0.2) is 24.5 Å². The summed E-state index contributed by atoms with van der Waals surface area (Å²) in [6.07, 6.45) is 1.44. The molecular formula is C38H32N2O6. The predicted molar refractivity (Wildman–Crippen MR) is 177 cm³/mol. The van der Waals surface area contributed by atoms with E-state index in [2.05, 4.69) is 23.5 Å². The zero-order chi connectivity index (χ0) is 32.0. The number of carbonyl (C=O) groups is 3. The van der Waals surface area contributed by atoms with Crippen LogP contribution in [0.2, 0.25) is 0 Å². The minimum absolute atomic E-state index is 0.189. The average Bonchev–Trinajstić information content (AvgIpc) is 3.06. The van der Waals surface area contributed by atoms with Crippen molar-refractivity contribution in [2.75, 3.05) is 11.5 Å². The number of anilines is 1. The van der Waals surface area contributed by atoms with Crippen LogP contribution >= 0.6 is 0 Å². The van der Waals surface area contributed by atoms with E-state index < -0.39 is 17.8 Å². The van der Waals surface area contributed by atoms with Crippen LogP contribution in [0, 0.1) is 6.92 Å². The van der Waals surface area contributed by atoms with E-state index in [-0.39, 0.29) is 5.57 Å². The third kappa shape index (κ3) is 6.61. The highest BCUT2D eigenvalue weighted by atomic mass is 16.5. The second kappa shape index (κ2) is 13.4. The van der Waals surface area contributed by atoms with Gasteiger partial charge in [-0.25, -0.2) is 9.69 Å². The second-order valence-electron chi connectivity index (χ2n) is 10.8.